The molecule has 0 aliphatic carbocycles. The number of hydrogen-bond acceptors (Lipinski definition) is 12. The Morgan fingerprint density at radius 2 is 1.46 bits per heavy atom. The predicted molar refractivity (Wildman–Crippen MR) is 235 cm³/mol. The standard InChI is InChI=1S/C43H68N10O12/c1-8-14-32(56)47-28(18-19-31(44)55)37(58)52-35-25(6)65-42(63)33(23(3)4)50-39(60)30(21-26-15-11-10-12-16-26)53(7)41(62)34(24(5)9-2)51-38(59)29(22-54)49-36(57)27(48-40(35)61)17-13-20-46-43(45)64/h10-12,15-16,23-25,27-30,33-35,54H,8-9,13-14,17-22H2,1-7H3,(H2,44,55)(H,47,56)(H,48,61)(H,49,57)(H,50,60)(H,51,59)(H,52,58)(H3,45,46,64)/t24-,25-,27-,28-,29-,30-,33-,34-,35-/m0/s1. The average Bonchev–Trinajstić information content (AvgIpc) is 3.25. The zero-order valence-corrected chi connectivity index (χ0v) is 38.3. The minimum Gasteiger partial charge on any atom is -0.458 e. The maximum absolute atomic E-state index is 14.4. The van der Waals surface area contributed by atoms with Crippen LogP contribution in [0.25, 0.3) is 0 Å². The Kier molecular flexibility index (Phi) is 22.9. The molecule has 1 fully saturated rings. The lowest BCUT2D eigenvalue weighted by atomic mass is 9.95. The molecule has 362 valence electrons. The second kappa shape index (κ2) is 27.1. The van der Waals surface area contributed by atoms with Gasteiger partial charge in [-0.1, -0.05) is 71.4 Å². The summed E-state index contributed by atoms with van der Waals surface area (Å²) in [5.41, 5.74) is 11.2. The fourth-order valence-electron chi connectivity index (χ4n) is 6.84. The minimum atomic E-state index is -1.82. The lowest BCUT2D eigenvalue weighted by molar-refractivity contribution is -0.157. The summed E-state index contributed by atoms with van der Waals surface area (Å²) in [7, 11) is 1.37. The number of nitrogens with zero attached hydrogens (tertiary/aromatic N) is 1. The third-order valence-electron chi connectivity index (χ3n) is 11.0. The Labute approximate surface area is 379 Å². The molecule has 1 aliphatic rings. The highest BCUT2D eigenvalue weighted by Gasteiger charge is 2.41. The molecule has 22 heteroatoms. The molecule has 65 heavy (non-hydrogen) atoms. The molecule has 0 spiro atoms. The molecule has 0 unspecified atom stereocenters. The first-order valence-corrected chi connectivity index (χ1v) is 21.9. The Morgan fingerprint density at radius 3 is 2.03 bits per heavy atom. The van der Waals surface area contributed by atoms with Crippen molar-refractivity contribution in [3.05, 3.63) is 35.9 Å². The molecule has 22 nitrogen and oxygen atoms in total. The van der Waals surface area contributed by atoms with Crippen molar-refractivity contribution in [2.24, 2.45) is 23.3 Å². The van der Waals surface area contributed by atoms with Crippen molar-refractivity contribution in [3.8, 4) is 0 Å². The molecule has 0 aromatic heterocycles. The number of cyclic esters (lactones) is 1. The van der Waals surface area contributed by atoms with Crippen LogP contribution in [0.4, 0.5) is 4.79 Å². The van der Waals surface area contributed by atoms with Crippen molar-refractivity contribution in [2.45, 2.75) is 141 Å². The smallest absolute Gasteiger partial charge is 0.329 e. The molecule has 1 aliphatic heterocycles. The Balaban J connectivity index is 2.81. The van der Waals surface area contributed by atoms with Gasteiger partial charge in [0.2, 0.25) is 47.3 Å². The van der Waals surface area contributed by atoms with E-state index >= 15 is 0 Å². The largest absolute Gasteiger partial charge is 0.458 e. The number of ether oxygens (including phenoxy) is 1. The van der Waals surface area contributed by atoms with E-state index in [9.17, 15) is 53.1 Å². The number of aliphatic hydroxyl groups excluding tert-OH is 1. The van der Waals surface area contributed by atoms with E-state index in [1.807, 2.05) is 0 Å². The van der Waals surface area contributed by atoms with Gasteiger partial charge in [-0.25, -0.2) is 9.59 Å². The molecule has 0 saturated carbocycles. The molecule has 1 saturated heterocycles. The second-order valence-electron chi connectivity index (χ2n) is 16.5. The molecule has 1 heterocycles. The van der Waals surface area contributed by atoms with Gasteiger partial charge in [0, 0.05) is 32.9 Å². The van der Waals surface area contributed by atoms with Gasteiger partial charge in [-0.3, -0.25) is 38.4 Å². The highest BCUT2D eigenvalue weighted by atomic mass is 16.5. The first-order chi connectivity index (χ1) is 30.6. The van der Waals surface area contributed by atoms with Gasteiger partial charge in [-0.2, -0.15) is 0 Å². The van der Waals surface area contributed by atoms with Gasteiger partial charge in [0.05, 0.1) is 6.61 Å². The van der Waals surface area contributed by atoms with Crippen molar-refractivity contribution in [1.29, 1.82) is 0 Å². The molecule has 0 radical (unpaired) electrons. The summed E-state index contributed by atoms with van der Waals surface area (Å²) in [4.78, 5) is 136. The first-order valence-electron chi connectivity index (χ1n) is 21.9. The van der Waals surface area contributed by atoms with E-state index in [0.29, 0.717) is 18.4 Å². The minimum absolute atomic E-state index is 0.0172. The molecule has 0 bridgehead atoms. The van der Waals surface area contributed by atoms with Gasteiger partial charge < -0.3 is 63.4 Å². The first kappa shape index (κ1) is 54.8. The second-order valence-corrected chi connectivity index (χ2v) is 16.5. The van der Waals surface area contributed by atoms with Crippen LogP contribution in [0.5, 0.6) is 0 Å². The molecular formula is C43H68N10O12. The quantitative estimate of drug-likeness (QED) is 0.0572. The van der Waals surface area contributed by atoms with E-state index in [0.717, 1.165) is 4.90 Å². The van der Waals surface area contributed by atoms with Gasteiger partial charge in [0.25, 0.3) is 0 Å². The number of carbonyl (C=O) groups is 10. The van der Waals surface area contributed by atoms with E-state index in [4.69, 9.17) is 16.2 Å². The zero-order chi connectivity index (χ0) is 49.0. The van der Waals surface area contributed by atoms with Gasteiger partial charge in [0.15, 0.2) is 0 Å². The van der Waals surface area contributed by atoms with E-state index in [1.165, 1.54) is 14.0 Å². The van der Waals surface area contributed by atoms with Crippen molar-refractivity contribution in [2.75, 3.05) is 20.2 Å². The lowest BCUT2D eigenvalue weighted by Crippen LogP contribution is -2.62. The van der Waals surface area contributed by atoms with Crippen molar-refractivity contribution in [3.63, 3.8) is 0 Å². The van der Waals surface area contributed by atoms with Gasteiger partial charge in [-0.15, -0.1) is 0 Å². The number of aliphatic hydroxyl groups is 1. The fraction of sp³-hybridized carbons (Fsp3) is 0.628. The number of amides is 10. The summed E-state index contributed by atoms with van der Waals surface area (Å²) in [6.07, 6.45) is -1.60. The van der Waals surface area contributed by atoms with Crippen LogP contribution in [0, 0.1) is 11.8 Å². The zero-order valence-electron chi connectivity index (χ0n) is 38.3. The monoisotopic (exact) mass is 917 g/mol. The van der Waals surface area contributed by atoms with Crippen LogP contribution in [-0.2, 0) is 54.3 Å². The molecule has 9 atom stereocenters. The van der Waals surface area contributed by atoms with Gasteiger partial charge in [-0.05, 0) is 50.0 Å². The topological polar surface area (TPSA) is 340 Å². The number of nitrogens with one attached hydrogen (secondary N) is 7. The number of nitrogens with two attached hydrogens (primary N) is 2. The molecular weight excluding hydrogens is 849 g/mol. The average molecular weight is 917 g/mol. The van der Waals surface area contributed by atoms with Crippen LogP contribution in [0.15, 0.2) is 30.3 Å². The molecule has 10 amide bonds. The molecule has 2 rings (SSSR count). The van der Waals surface area contributed by atoms with E-state index in [-0.39, 0.29) is 45.1 Å². The third-order valence-corrected chi connectivity index (χ3v) is 11.0. The van der Waals surface area contributed by atoms with Crippen LogP contribution in [0.3, 0.4) is 0 Å². The third kappa shape index (κ3) is 17.6. The number of primary amides is 2. The van der Waals surface area contributed by atoms with E-state index < -0.39 is 126 Å². The predicted octanol–water partition coefficient (Wildman–Crippen LogP) is -1.88. The van der Waals surface area contributed by atoms with Crippen LogP contribution in [-0.4, -0.2) is 138 Å². The maximum atomic E-state index is 14.4. The highest BCUT2D eigenvalue weighted by Crippen LogP contribution is 2.18. The van der Waals surface area contributed by atoms with Crippen LogP contribution in [0.1, 0.15) is 92.1 Å². The molecule has 12 N–H and O–H groups in total. The molecule has 1 aromatic rings. The number of hydrogen-bond donors (Lipinski definition) is 10. The van der Waals surface area contributed by atoms with Crippen molar-refractivity contribution in [1.82, 2.24) is 42.1 Å². The van der Waals surface area contributed by atoms with Crippen molar-refractivity contribution >= 4 is 59.3 Å². The number of esters is 1. The van der Waals surface area contributed by atoms with E-state index in [1.54, 1.807) is 65.0 Å². The van der Waals surface area contributed by atoms with E-state index in [2.05, 4.69) is 37.2 Å². The van der Waals surface area contributed by atoms with Crippen LogP contribution >= 0.6 is 0 Å². The fourth-order valence-corrected chi connectivity index (χ4v) is 6.84. The number of urea groups is 1. The normalized spacial score (nSPS) is 23.8. The summed E-state index contributed by atoms with van der Waals surface area (Å²) in [5.74, 6) is -9.08. The van der Waals surface area contributed by atoms with Crippen molar-refractivity contribution < 1.29 is 57.8 Å². The van der Waals surface area contributed by atoms with Gasteiger partial charge >= 0.3 is 12.0 Å². The number of carbonyl (C=O) groups excluding carboxylic acids is 10. The van der Waals surface area contributed by atoms with Crippen LogP contribution in [0.2, 0.25) is 0 Å². The van der Waals surface area contributed by atoms with Gasteiger partial charge in [0.1, 0.15) is 48.4 Å². The summed E-state index contributed by atoms with van der Waals surface area (Å²) in [5, 5.41) is 27.9. The SMILES string of the molecule is CCCC(=O)N[C@@H](CCC(N)=O)C(=O)N[C@@H]1C(=O)N[C@@H](CCCNC(N)=O)C(=O)N[C@@H](CO)C(=O)N[C@@H]([C@@H](C)CC)C(=O)N(C)[C@@H](Cc2ccccc2)C(=O)N[C@@H](C(C)C)C(=O)O[C@H]1C. The summed E-state index contributed by atoms with van der Waals surface area (Å²) in [6, 6.07) is -2.51. The Hall–Kier alpha value is -6.32. The number of benzene rings is 1. The van der Waals surface area contributed by atoms with Crippen LogP contribution < -0.4 is 48.7 Å². The Bertz CT molecular complexity index is 1830. The summed E-state index contributed by atoms with van der Waals surface area (Å²) >= 11 is 0. The highest BCUT2D eigenvalue weighted by molar-refractivity contribution is 5.98. The number of likely N-dealkylation sites (N-methyl/N-ethyl adjacent to an activating group) is 1. The lowest BCUT2D eigenvalue weighted by Gasteiger charge is -2.34. The number of rotatable bonds is 18. The summed E-state index contributed by atoms with van der Waals surface area (Å²) in [6.45, 7) is 8.66. The maximum Gasteiger partial charge on any atom is 0.329 e. The summed E-state index contributed by atoms with van der Waals surface area (Å²) < 4.78 is 5.80. The Morgan fingerprint density at radius 1 is 0.846 bits per heavy atom. The molecule has 1 aromatic carbocycles.